The Bertz CT molecular complexity index is 605. The largest absolute Gasteiger partial charge is 0.320 e. The molecule has 0 unspecified atom stereocenters. The van der Waals surface area contributed by atoms with Gasteiger partial charge in [-0.2, -0.15) is 5.10 Å². The summed E-state index contributed by atoms with van der Waals surface area (Å²) in [7, 11) is 0. The molecule has 0 bridgehead atoms. The topological polar surface area (TPSA) is 43.8 Å². The van der Waals surface area contributed by atoms with Gasteiger partial charge in [-0.25, -0.2) is 4.39 Å². The Kier molecular flexibility index (Phi) is 3.75. The summed E-state index contributed by atoms with van der Waals surface area (Å²) in [6.07, 6.45) is 3.63. The molecule has 0 atom stereocenters. The molecule has 0 aliphatic rings. The van der Waals surface area contributed by atoms with Crippen LogP contribution in [-0.4, -0.2) is 16.3 Å². The Labute approximate surface area is 105 Å². The first kappa shape index (κ1) is 12.3. The maximum Gasteiger partial charge on any atom is 0.129 e. The van der Waals surface area contributed by atoms with Crippen LogP contribution in [0, 0.1) is 24.6 Å². The van der Waals surface area contributed by atoms with Gasteiger partial charge in [0, 0.05) is 17.3 Å². The number of nitrogens with two attached hydrogens (primary N) is 1. The van der Waals surface area contributed by atoms with Crippen LogP contribution in [0.1, 0.15) is 16.7 Å². The van der Waals surface area contributed by atoms with E-state index in [0.29, 0.717) is 17.7 Å². The molecule has 1 aromatic heterocycles. The standard InChI is InChI=1S/C14H14FN3/c1-11-8-17-18(9-11)10-13-5-4-12(3-2-6-16)7-14(13)15/h4-5,7-9H,6,10,16H2,1H3. The number of hydrogen-bond donors (Lipinski definition) is 1. The van der Waals surface area contributed by atoms with Gasteiger partial charge in [0.25, 0.3) is 0 Å². The van der Waals surface area contributed by atoms with E-state index in [0.717, 1.165) is 5.56 Å². The molecular formula is C14H14FN3. The third-order valence-corrected chi connectivity index (χ3v) is 2.48. The number of hydrogen-bond acceptors (Lipinski definition) is 2. The second kappa shape index (κ2) is 5.48. The molecule has 18 heavy (non-hydrogen) atoms. The van der Waals surface area contributed by atoms with Crippen molar-refractivity contribution in [1.82, 2.24) is 9.78 Å². The summed E-state index contributed by atoms with van der Waals surface area (Å²) in [6, 6.07) is 4.94. The quantitative estimate of drug-likeness (QED) is 0.816. The lowest BCUT2D eigenvalue weighted by Crippen LogP contribution is -2.02. The van der Waals surface area contributed by atoms with Crippen LogP contribution >= 0.6 is 0 Å². The van der Waals surface area contributed by atoms with E-state index in [4.69, 9.17) is 5.73 Å². The monoisotopic (exact) mass is 243 g/mol. The minimum atomic E-state index is -0.271. The highest BCUT2D eigenvalue weighted by Gasteiger charge is 2.04. The predicted octanol–water partition coefficient (Wildman–Crippen LogP) is 1.69. The molecule has 2 N–H and O–H groups in total. The zero-order chi connectivity index (χ0) is 13.0. The van der Waals surface area contributed by atoms with Gasteiger partial charge < -0.3 is 5.73 Å². The molecule has 2 rings (SSSR count). The molecule has 0 saturated carbocycles. The van der Waals surface area contributed by atoms with Crippen LogP contribution in [0.5, 0.6) is 0 Å². The number of benzene rings is 1. The van der Waals surface area contributed by atoms with Crippen molar-refractivity contribution in [2.75, 3.05) is 6.54 Å². The fraction of sp³-hybridized carbons (Fsp3) is 0.214. The molecule has 0 radical (unpaired) electrons. The smallest absolute Gasteiger partial charge is 0.129 e. The second-order valence-electron chi connectivity index (χ2n) is 4.03. The summed E-state index contributed by atoms with van der Waals surface area (Å²) in [5, 5.41) is 4.13. The Hall–Kier alpha value is -2.12. The van der Waals surface area contributed by atoms with E-state index in [1.54, 1.807) is 23.0 Å². The SMILES string of the molecule is Cc1cnn(Cc2ccc(C#CCN)cc2F)c1. The predicted molar refractivity (Wildman–Crippen MR) is 68.4 cm³/mol. The van der Waals surface area contributed by atoms with Gasteiger partial charge in [0.05, 0.1) is 19.3 Å². The zero-order valence-electron chi connectivity index (χ0n) is 10.2. The Morgan fingerprint density at radius 2 is 2.28 bits per heavy atom. The highest BCUT2D eigenvalue weighted by atomic mass is 19.1. The molecular weight excluding hydrogens is 229 g/mol. The maximum absolute atomic E-state index is 13.8. The molecule has 92 valence electrons. The van der Waals surface area contributed by atoms with Crippen molar-refractivity contribution in [3.8, 4) is 11.8 Å². The lowest BCUT2D eigenvalue weighted by Gasteiger charge is -2.04. The molecule has 0 saturated heterocycles. The minimum absolute atomic E-state index is 0.271. The Morgan fingerprint density at radius 1 is 1.44 bits per heavy atom. The zero-order valence-corrected chi connectivity index (χ0v) is 10.2. The maximum atomic E-state index is 13.8. The lowest BCUT2D eigenvalue weighted by molar-refractivity contribution is 0.585. The normalized spacial score (nSPS) is 9.94. The van der Waals surface area contributed by atoms with E-state index in [-0.39, 0.29) is 12.4 Å². The number of aryl methyl sites for hydroxylation is 1. The molecule has 4 heteroatoms. The summed E-state index contributed by atoms with van der Waals surface area (Å²) in [5.74, 6) is 5.23. The van der Waals surface area contributed by atoms with E-state index in [9.17, 15) is 4.39 Å². The summed E-state index contributed by atoms with van der Waals surface area (Å²) in [6.45, 7) is 2.64. The summed E-state index contributed by atoms with van der Waals surface area (Å²) in [4.78, 5) is 0. The molecule has 0 aliphatic carbocycles. The van der Waals surface area contributed by atoms with Crippen molar-refractivity contribution in [2.45, 2.75) is 13.5 Å². The van der Waals surface area contributed by atoms with Gasteiger partial charge in [-0.3, -0.25) is 4.68 Å². The van der Waals surface area contributed by atoms with Crippen LogP contribution in [0.15, 0.2) is 30.6 Å². The second-order valence-corrected chi connectivity index (χ2v) is 4.03. The fourth-order valence-corrected chi connectivity index (χ4v) is 1.63. The minimum Gasteiger partial charge on any atom is -0.320 e. The van der Waals surface area contributed by atoms with Gasteiger partial charge in [0.1, 0.15) is 5.82 Å². The van der Waals surface area contributed by atoms with E-state index in [1.807, 2.05) is 13.1 Å². The molecule has 0 amide bonds. The summed E-state index contributed by atoms with van der Waals surface area (Å²) >= 11 is 0. The number of halogens is 1. The van der Waals surface area contributed by atoms with Crippen molar-refractivity contribution in [1.29, 1.82) is 0 Å². The number of nitrogens with zero attached hydrogens (tertiary/aromatic N) is 2. The first-order chi connectivity index (χ1) is 8.69. The van der Waals surface area contributed by atoms with Crippen LogP contribution in [0.25, 0.3) is 0 Å². The lowest BCUT2D eigenvalue weighted by atomic mass is 10.1. The van der Waals surface area contributed by atoms with Crippen molar-refractivity contribution < 1.29 is 4.39 Å². The fourth-order valence-electron chi connectivity index (χ4n) is 1.63. The summed E-state index contributed by atoms with van der Waals surface area (Å²) < 4.78 is 15.5. The summed E-state index contributed by atoms with van der Waals surface area (Å²) in [5.41, 5.74) is 7.56. The van der Waals surface area contributed by atoms with Gasteiger partial charge in [-0.05, 0) is 24.6 Å². The van der Waals surface area contributed by atoms with E-state index in [2.05, 4.69) is 16.9 Å². The van der Waals surface area contributed by atoms with E-state index < -0.39 is 0 Å². The van der Waals surface area contributed by atoms with E-state index >= 15 is 0 Å². The van der Waals surface area contributed by atoms with Crippen molar-refractivity contribution >= 4 is 0 Å². The molecule has 0 fully saturated rings. The number of aromatic nitrogens is 2. The van der Waals surface area contributed by atoms with Crippen LogP contribution in [0.3, 0.4) is 0 Å². The molecule has 1 aromatic carbocycles. The van der Waals surface area contributed by atoms with Crippen molar-refractivity contribution in [3.63, 3.8) is 0 Å². The third-order valence-electron chi connectivity index (χ3n) is 2.48. The molecule has 2 aromatic rings. The first-order valence-corrected chi connectivity index (χ1v) is 5.65. The molecule has 3 nitrogen and oxygen atoms in total. The number of rotatable bonds is 2. The first-order valence-electron chi connectivity index (χ1n) is 5.65. The van der Waals surface area contributed by atoms with Crippen molar-refractivity contribution in [2.24, 2.45) is 5.73 Å². The van der Waals surface area contributed by atoms with Gasteiger partial charge in [0.2, 0.25) is 0 Å². The van der Waals surface area contributed by atoms with Crippen LogP contribution in [0.2, 0.25) is 0 Å². The Balaban J connectivity index is 2.19. The van der Waals surface area contributed by atoms with Gasteiger partial charge in [-0.15, -0.1) is 0 Å². The highest BCUT2D eigenvalue weighted by molar-refractivity contribution is 5.37. The highest BCUT2D eigenvalue weighted by Crippen LogP contribution is 2.11. The molecule has 0 aliphatic heterocycles. The van der Waals surface area contributed by atoms with Gasteiger partial charge in [-0.1, -0.05) is 17.9 Å². The molecule has 1 heterocycles. The average Bonchev–Trinajstić information content (AvgIpc) is 2.75. The van der Waals surface area contributed by atoms with Gasteiger partial charge >= 0.3 is 0 Å². The van der Waals surface area contributed by atoms with Crippen LogP contribution < -0.4 is 5.73 Å². The van der Waals surface area contributed by atoms with Crippen LogP contribution in [-0.2, 0) is 6.54 Å². The van der Waals surface area contributed by atoms with Crippen molar-refractivity contribution in [3.05, 3.63) is 53.1 Å². The molecule has 0 spiro atoms. The van der Waals surface area contributed by atoms with E-state index in [1.165, 1.54) is 6.07 Å². The van der Waals surface area contributed by atoms with Gasteiger partial charge in [0.15, 0.2) is 0 Å². The average molecular weight is 243 g/mol. The third kappa shape index (κ3) is 2.96. The van der Waals surface area contributed by atoms with Crippen LogP contribution in [0.4, 0.5) is 4.39 Å². The Morgan fingerprint density at radius 3 is 2.89 bits per heavy atom.